The first-order valence-corrected chi connectivity index (χ1v) is 9.84. The number of nitrogens with one attached hydrogen (secondary N) is 2. The van der Waals surface area contributed by atoms with Crippen molar-refractivity contribution in [3.63, 3.8) is 0 Å². The molecule has 0 atom stereocenters. The molecule has 1 aromatic heterocycles. The first-order chi connectivity index (χ1) is 12.7. The summed E-state index contributed by atoms with van der Waals surface area (Å²) < 4.78 is 11.0. The van der Waals surface area contributed by atoms with Gasteiger partial charge in [0.2, 0.25) is 6.79 Å². The van der Waals surface area contributed by atoms with E-state index in [2.05, 4.69) is 46.6 Å². The molecule has 1 aliphatic heterocycles. The third-order valence-corrected chi connectivity index (χ3v) is 5.72. The number of hydrogen-bond acceptors (Lipinski definition) is 5. The summed E-state index contributed by atoms with van der Waals surface area (Å²) in [6, 6.07) is 6.30. The summed E-state index contributed by atoms with van der Waals surface area (Å²) in [5.41, 5.74) is 1.47. The van der Waals surface area contributed by atoms with E-state index in [-0.39, 0.29) is 5.41 Å². The molecule has 2 heterocycles. The van der Waals surface area contributed by atoms with Crippen molar-refractivity contribution in [2.75, 3.05) is 19.9 Å². The van der Waals surface area contributed by atoms with Gasteiger partial charge < -0.3 is 20.1 Å². The lowest BCUT2D eigenvalue weighted by atomic mass is 9.95. The summed E-state index contributed by atoms with van der Waals surface area (Å²) in [7, 11) is 0. The van der Waals surface area contributed by atoms with Crippen molar-refractivity contribution in [2.45, 2.75) is 38.6 Å². The van der Waals surface area contributed by atoms with Crippen LogP contribution in [0.4, 0.5) is 0 Å². The molecule has 0 radical (unpaired) electrons. The van der Waals surface area contributed by atoms with E-state index in [1.54, 1.807) is 11.3 Å². The van der Waals surface area contributed by atoms with E-state index in [4.69, 9.17) is 9.47 Å². The smallest absolute Gasteiger partial charge is 0.231 e. The lowest BCUT2D eigenvalue weighted by Crippen LogP contribution is -2.41. The number of rotatable bonds is 6. The van der Waals surface area contributed by atoms with Gasteiger partial charge in [0.25, 0.3) is 0 Å². The number of nitrogens with zero attached hydrogens (tertiary/aromatic N) is 2. The molecule has 1 aliphatic carbocycles. The highest BCUT2D eigenvalue weighted by atomic mass is 32.1. The third kappa shape index (κ3) is 3.62. The maximum Gasteiger partial charge on any atom is 0.231 e. The van der Waals surface area contributed by atoms with Crippen LogP contribution < -0.4 is 20.1 Å². The van der Waals surface area contributed by atoms with Crippen molar-refractivity contribution in [1.29, 1.82) is 0 Å². The Bertz CT molecular complexity index is 814. The molecule has 2 N–H and O–H groups in total. The maximum absolute atomic E-state index is 5.53. The molecular formula is C19H24N4O2S. The van der Waals surface area contributed by atoms with Crippen LogP contribution in [0.5, 0.6) is 11.5 Å². The molecule has 26 heavy (non-hydrogen) atoms. The lowest BCUT2D eigenvalue weighted by molar-refractivity contribution is 0.174. The van der Waals surface area contributed by atoms with Crippen molar-refractivity contribution < 1.29 is 9.47 Å². The average Bonchev–Trinajstić information content (AvgIpc) is 3.09. The molecule has 6 nitrogen and oxygen atoms in total. The summed E-state index contributed by atoms with van der Waals surface area (Å²) in [4.78, 5) is 10.3. The molecule has 4 rings (SSSR count). The Morgan fingerprint density at radius 2 is 2.12 bits per heavy atom. The molecule has 1 fully saturated rings. The van der Waals surface area contributed by atoms with Gasteiger partial charge in [-0.15, -0.1) is 11.3 Å². The van der Waals surface area contributed by atoms with Crippen LogP contribution >= 0.6 is 11.3 Å². The predicted molar refractivity (Wildman–Crippen MR) is 103 cm³/mol. The number of fused-ring (bicyclic) bond motifs is 1. The lowest BCUT2D eigenvalue weighted by Gasteiger charge is -2.19. The molecule has 138 valence electrons. The largest absolute Gasteiger partial charge is 0.454 e. The zero-order valence-corrected chi connectivity index (χ0v) is 16.0. The van der Waals surface area contributed by atoms with Gasteiger partial charge in [-0.05, 0) is 44.4 Å². The van der Waals surface area contributed by atoms with Gasteiger partial charge in [-0.25, -0.2) is 9.98 Å². The Labute approximate surface area is 157 Å². The second-order valence-corrected chi connectivity index (χ2v) is 8.08. The number of aromatic nitrogens is 1. The fraction of sp³-hybridized carbons (Fsp3) is 0.474. The Morgan fingerprint density at radius 3 is 2.85 bits per heavy atom. The van der Waals surface area contributed by atoms with E-state index < -0.39 is 0 Å². The summed E-state index contributed by atoms with van der Waals surface area (Å²) in [5.74, 6) is 2.53. The molecule has 0 bridgehead atoms. The van der Waals surface area contributed by atoms with Gasteiger partial charge >= 0.3 is 0 Å². The van der Waals surface area contributed by atoms with Crippen molar-refractivity contribution in [3.8, 4) is 11.5 Å². The zero-order valence-electron chi connectivity index (χ0n) is 15.2. The zero-order chi connectivity index (χ0) is 18.0. The monoisotopic (exact) mass is 372 g/mol. The van der Waals surface area contributed by atoms with Crippen LogP contribution in [0.25, 0.3) is 0 Å². The van der Waals surface area contributed by atoms with Crippen LogP contribution in [0.2, 0.25) is 0 Å². The highest BCUT2D eigenvalue weighted by Gasteiger charge is 2.44. The Kier molecular flexibility index (Phi) is 4.72. The van der Waals surface area contributed by atoms with E-state index in [1.807, 2.05) is 12.3 Å². The van der Waals surface area contributed by atoms with Crippen molar-refractivity contribution in [1.82, 2.24) is 15.6 Å². The summed E-state index contributed by atoms with van der Waals surface area (Å²) in [6.07, 6.45) is 4.24. The second kappa shape index (κ2) is 7.15. The number of thiazole rings is 1. The first-order valence-electron chi connectivity index (χ1n) is 9.02. The average molecular weight is 372 g/mol. The van der Waals surface area contributed by atoms with Gasteiger partial charge in [-0.3, -0.25) is 0 Å². The number of hydrogen-bond donors (Lipinski definition) is 2. The molecule has 0 unspecified atom stereocenters. The highest BCUT2D eigenvalue weighted by molar-refractivity contribution is 7.11. The molecule has 0 saturated heterocycles. The minimum atomic E-state index is 0.162. The third-order valence-electron chi connectivity index (χ3n) is 4.82. The van der Waals surface area contributed by atoms with Crippen molar-refractivity contribution >= 4 is 17.3 Å². The van der Waals surface area contributed by atoms with E-state index >= 15 is 0 Å². The van der Waals surface area contributed by atoms with E-state index in [9.17, 15) is 0 Å². The van der Waals surface area contributed by atoms with Crippen LogP contribution in [-0.2, 0) is 12.0 Å². The SMILES string of the molecule is CCNC(=NCc1ncc(C)s1)NCC1(c2ccc3c(c2)OCO3)CC1. The summed E-state index contributed by atoms with van der Waals surface area (Å²) in [6.45, 7) is 6.75. The Morgan fingerprint density at radius 1 is 1.27 bits per heavy atom. The van der Waals surface area contributed by atoms with Crippen LogP contribution in [0, 0.1) is 6.92 Å². The molecule has 1 aromatic carbocycles. The topological polar surface area (TPSA) is 67.8 Å². The van der Waals surface area contributed by atoms with E-state index in [0.717, 1.165) is 35.6 Å². The quantitative estimate of drug-likeness (QED) is 0.603. The van der Waals surface area contributed by atoms with E-state index in [1.165, 1.54) is 23.3 Å². The standard InChI is InChI=1S/C19H24N4O2S/c1-3-20-18(22-10-17-21-9-13(2)26-17)23-11-19(6-7-19)14-4-5-15-16(8-14)25-12-24-15/h4-5,8-9H,3,6-7,10-12H2,1-2H3,(H2,20,22,23). The second-order valence-electron chi connectivity index (χ2n) is 6.76. The number of guanidine groups is 1. The summed E-state index contributed by atoms with van der Waals surface area (Å²) >= 11 is 1.69. The Hall–Kier alpha value is -2.28. The number of ether oxygens (including phenoxy) is 2. The van der Waals surface area contributed by atoms with Crippen molar-refractivity contribution in [3.05, 3.63) is 39.8 Å². The van der Waals surface area contributed by atoms with Gasteiger partial charge in [0.15, 0.2) is 17.5 Å². The number of benzene rings is 1. The van der Waals surface area contributed by atoms with Crippen LogP contribution in [0.1, 0.15) is 35.2 Å². The fourth-order valence-electron chi connectivity index (χ4n) is 3.16. The van der Waals surface area contributed by atoms with E-state index in [0.29, 0.717) is 13.3 Å². The number of aliphatic imine (C=N–C) groups is 1. The minimum absolute atomic E-state index is 0.162. The summed E-state index contributed by atoms with van der Waals surface area (Å²) in [5, 5.41) is 7.87. The molecular weight excluding hydrogens is 348 g/mol. The highest BCUT2D eigenvalue weighted by Crippen LogP contribution is 2.49. The molecule has 2 aliphatic rings. The van der Waals surface area contributed by atoms with Gasteiger partial charge in [0.1, 0.15) is 5.01 Å². The molecule has 0 spiro atoms. The van der Waals surface area contributed by atoms with Crippen LogP contribution in [0.15, 0.2) is 29.4 Å². The van der Waals surface area contributed by atoms with Crippen molar-refractivity contribution in [2.24, 2.45) is 4.99 Å². The van der Waals surface area contributed by atoms with Gasteiger partial charge in [0, 0.05) is 29.6 Å². The first kappa shape index (κ1) is 17.1. The minimum Gasteiger partial charge on any atom is -0.454 e. The normalized spacial score (nSPS) is 17.2. The van der Waals surface area contributed by atoms with Gasteiger partial charge in [-0.2, -0.15) is 0 Å². The number of aryl methyl sites for hydroxylation is 1. The predicted octanol–water partition coefficient (Wildman–Crippen LogP) is 2.97. The molecule has 1 saturated carbocycles. The Balaban J connectivity index is 1.42. The van der Waals surface area contributed by atoms with Crippen LogP contribution in [0.3, 0.4) is 0 Å². The van der Waals surface area contributed by atoms with Gasteiger partial charge in [0.05, 0.1) is 6.54 Å². The molecule has 0 amide bonds. The maximum atomic E-state index is 5.53. The molecule has 2 aromatic rings. The fourth-order valence-corrected chi connectivity index (χ4v) is 3.87. The molecule has 7 heteroatoms. The van der Waals surface area contributed by atoms with Crippen LogP contribution in [-0.4, -0.2) is 30.8 Å². The van der Waals surface area contributed by atoms with Gasteiger partial charge in [-0.1, -0.05) is 6.07 Å².